The van der Waals surface area contributed by atoms with Crippen LogP contribution >= 0.6 is 24.8 Å². The number of hydrogen-bond donors (Lipinski definition) is 2. The summed E-state index contributed by atoms with van der Waals surface area (Å²) >= 11 is 0. The maximum atomic E-state index is 12.5. The summed E-state index contributed by atoms with van der Waals surface area (Å²) in [7, 11) is 0. The Morgan fingerprint density at radius 3 is 2.60 bits per heavy atom. The number of nitrogens with two attached hydrogens (primary N) is 1. The molecular weight excluding hydrogens is 363 g/mol. The van der Waals surface area contributed by atoms with Crippen LogP contribution in [0.15, 0.2) is 6.07 Å². The quantitative estimate of drug-likeness (QED) is 0.836. The van der Waals surface area contributed by atoms with E-state index in [1.165, 1.54) is 19.3 Å². The van der Waals surface area contributed by atoms with Gasteiger partial charge in [0.05, 0.1) is 0 Å². The second-order valence-corrected chi connectivity index (χ2v) is 6.40. The fourth-order valence-electron chi connectivity index (χ4n) is 3.40. The van der Waals surface area contributed by atoms with Crippen molar-refractivity contribution in [3.05, 3.63) is 23.3 Å². The predicted octanol–water partition coefficient (Wildman–Crippen LogP) is 2.22. The van der Waals surface area contributed by atoms with Crippen LogP contribution in [0.3, 0.4) is 0 Å². The van der Waals surface area contributed by atoms with Crippen LogP contribution in [0.2, 0.25) is 0 Å². The molecule has 1 amide bonds. The Hall–Kier alpha value is -1.44. The lowest BCUT2D eigenvalue weighted by Gasteiger charge is -2.29. The summed E-state index contributed by atoms with van der Waals surface area (Å²) in [6.45, 7) is 4.26. The Labute approximate surface area is 160 Å². The van der Waals surface area contributed by atoms with E-state index in [9.17, 15) is 4.79 Å². The van der Waals surface area contributed by atoms with E-state index in [0.717, 1.165) is 24.2 Å². The molecule has 0 spiro atoms. The second-order valence-electron chi connectivity index (χ2n) is 6.40. The van der Waals surface area contributed by atoms with Crippen molar-refractivity contribution in [3.8, 4) is 0 Å². The molecule has 0 saturated heterocycles. The van der Waals surface area contributed by atoms with Crippen LogP contribution in [-0.2, 0) is 0 Å². The predicted molar refractivity (Wildman–Crippen MR) is 102 cm³/mol. The topological polar surface area (TPSA) is 98.2 Å². The van der Waals surface area contributed by atoms with E-state index in [1.807, 2.05) is 19.9 Å². The zero-order chi connectivity index (χ0) is 16.4. The molecule has 0 bridgehead atoms. The molecule has 1 atom stereocenters. The number of halogens is 2. The molecule has 25 heavy (non-hydrogen) atoms. The highest BCUT2D eigenvalue weighted by Crippen LogP contribution is 2.26. The maximum absolute atomic E-state index is 12.5. The molecule has 2 aromatic heterocycles. The molecule has 1 aliphatic rings. The van der Waals surface area contributed by atoms with E-state index in [4.69, 9.17) is 5.73 Å². The van der Waals surface area contributed by atoms with Crippen LogP contribution in [0, 0.1) is 19.8 Å². The zero-order valence-electron chi connectivity index (χ0n) is 14.6. The first kappa shape index (κ1) is 21.6. The van der Waals surface area contributed by atoms with Gasteiger partial charge in [0.1, 0.15) is 0 Å². The van der Waals surface area contributed by atoms with Crippen LogP contribution < -0.4 is 11.1 Å². The Morgan fingerprint density at radius 2 is 1.96 bits per heavy atom. The summed E-state index contributed by atoms with van der Waals surface area (Å²) in [6, 6.07) is 1.90. The van der Waals surface area contributed by atoms with Crippen molar-refractivity contribution in [2.75, 3.05) is 6.54 Å². The fraction of sp³-hybridized carbons (Fsp3) is 0.625. The minimum Gasteiger partial charge on any atom is -0.345 e. The minimum absolute atomic E-state index is 0. The summed E-state index contributed by atoms with van der Waals surface area (Å²) in [5.41, 5.74) is 7.64. The van der Waals surface area contributed by atoms with Crippen LogP contribution in [0.1, 0.15) is 54.1 Å². The molecule has 0 aromatic carbocycles. The van der Waals surface area contributed by atoms with Gasteiger partial charge in [-0.05, 0) is 38.7 Å². The second kappa shape index (κ2) is 9.31. The number of aryl methyl sites for hydroxylation is 2. The van der Waals surface area contributed by atoms with Crippen molar-refractivity contribution in [2.24, 2.45) is 11.7 Å². The van der Waals surface area contributed by atoms with Crippen LogP contribution in [-0.4, -0.2) is 38.1 Å². The lowest BCUT2D eigenvalue weighted by atomic mass is 9.84. The van der Waals surface area contributed by atoms with Crippen LogP contribution in [0.5, 0.6) is 0 Å². The average Bonchev–Trinajstić information content (AvgIpc) is 2.97. The molecule has 7 nitrogen and oxygen atoms in total. The molecule has 140 valence electrons. The molecule has 1 fully saturated rings. The molecule has 2 heterocycles. The Bertz CT molecular complexity index is 714. The summed E-state index contributed by atoms with van der Waals surface area (Å²) in [4.78, 5) is 21.1. The van der Waals surface area contributed by atoms with E-state index in [0.29, 0.717) is 18.2 Å². The van der Waals surface area contributed by atoms with Gasteiger partial charge >= 0.3 is 0 Å². The van der Waals surface area contributed by atoms with Crippen molar-refractivity contribution in [1.29, 1.82) is 0 Å². The number of amides is 1. The van der Waals surface area contributed by atoms with Gasteiger partial charge in [-0.15, -0.1) is 29.9 Å². The molecule has 0 radical (unpaired) electrons. The number of carbonyl (C=O) groups is 1. The summed E-state index contributed by atoms with van der Waals surface area (Å²) in [6.07, 6.45) is 5.96. The lowest BCUT2D eigenvalue weighted by molar-refractivity contribution is 0.0905. The fourth-order valence-corrected chi connectivity index (χ4v) is 3.40. The average molecular weight is 389 g/mol. The first-order chi connectivity index (χ1) is 11.1. The SMILES string of the molecule is Cc1cc(C)n2nc(C(=O)NC(CN)C3CCCCC3)nc2n1.Cl.Cl. The van der Waals surface area contributed by atoms with Crippen molar-refractivity contribution < 1.29 is 4.79 Å². The van der Waals surface area contributed by atoms with Crippen molar-refractivity contribution in [1.82, 2.24) is 24.9 Å². The number of carbonyl (C=O) groups excluding carboxylic acids is 1. The van der Waals surface area contributed by atoms with Crippen molar-refractivity contribution in [2.45, 2.75) is 52.0 Å². The van der Waals surface area contributed by atoms with E-state index < -0.39 is 0 Å². The minimum atomic E-state index is -0.270. The van der Waals surface area contributed by atoms with Gasteiger partial charge in [-0.3, -0.25) is 4.79 Å². The van der Waals surface area contributed by atoms with E-state index in [1.54, 1.807) is 4.52 Å². The van der Waals surface area contributed by atoms with Gasteiger partial charge in [0.2, 0.25) is 5.82 Å². The van der Waals surface area contributed by atoms with E-state index >= 15 is 0 Å². The number of nitrogens with one attached hydrogen (secondary N) is 1. The number of fused-ring (bicyclic) bond motifs is 1. The standard InChI is InChI=1S/C16H24N6O.2ClH/c1-10-8-11(2)22-16(18-10)20-14(21-22)15(23)19-13(9-17)12-6-4-3-5-7-12;;/h8,12-13H,3-7,9,17H2,1-2H3,(H,19,23);2*1H. The summed E-state index contributed by atoms with van der Waals surface area (Å²) in [5.74, 6) is 0.792. The summed E-state index contributed by atoms with van der Waals surface area (Å²) < 4.78 is 1.60. The van der Waals surface area contributed by atoms with Gasteiger partial charge < -0.3 is 11.1 Å². The molecule has 9 heteroatoms. The van der Waals surface area contributed by atoms with Crippen LogP contribution in [0.25, 0.3) is 5.78 Å². The van der Waals surface area contributed by atoms with Gasteiger partial charge in [0.15, 0.2) is 0 Å². The number of hydrogen-bond acceptors (Lipinski definition) is 5. The molecular formula is C16H26Cl2N6O. The van der Waals surface area contributed by atoms with Gasteiger partial charge in [-0.1, -0.05) is 19.3 Å². The monoisotopic (exact) mass is 388 g/mol. The summed E-state index contributed by atoms with van der Waals surface area (Å²) in [5, 5.41) is 7.29. The number of rotatable bonds is 4. The molecule has 3 rings (SSSR count). The Balaban J connectivity index is 0.00000156. The molecule has 2 aromatic rings. The Morgan fingerprint density at radius 1 is 1.28 bits per heavy atom. The van der Waals surface area contributed by atoms with E-state index in [2.05, 4.69) is 20.4 Å². The number of aromatic nitrogens is 4. The van der Waals surface area contributed by atoms with Crippen LogP contribution in [0.4, 0.5) is 0 Å². The highest BCUT2D eigenvalue weighted by atomic mass is 35.5. The Kier molecular flexibility index (Phi) is 8.05. The molecule has 1 unspecified atom stereocenters. The first-order valence-electron chi connectivity index (χ1n) is 8.30. The third kappa shape index (κ3) is 4.80. The lowest BCUT2D eigenvalue weighted by Crippen LogP contribution is -2.46. The van der Waals surface area contributed by atoms with Gasteiger partial charge in [0.25, 0.3) is 11.7 Å². The van der Waals surface area contributed by atoms with Crippen molar-refractivity contribution in [3.63, 3.8) is 0 Å². The smallest absolute Gasteiger partial charge is 0.291 e. The van der Waals surface area contributed by atoms with E-state index in [-0.39, 0.29) is 42.6 Å². The van der Waals surface area contributed by atoms with Gasteiger partial charge in [0, 0.05) is 24.0 Å². The van der Waals surface area contributed by atoms with Crippen molar-refractivity contribution >= 4 is 36.5 Å². The molecule has 1 aliphatic carbocycles. The molecule has 1 saturated carbocycles. The molecule has 3 N–H and O–H groups in total. The largest absolute Gasteiger partial charge is 0.345 e. The highest BCUT2D eigenvalue weighted by molar-refractivity contribution is 5.91. The number of nitrogens with zero attached hydrogens (tertiary/aromatic N) is 4. The maximum Gasteiger partial charge on any atom is 0.291 e. The van der Waals surface area contributed by atoms with Gasteiger partial charge in [-0.2, -0.15) is 4.98 Å². The highest BCUT2D eigenvalue weighted by Gasteiger charge is 2.26. The molecule has 0 aliphatic heterocycles. The van der Waals surface area contributed by atoms with Gasteiger partial charge in [-0.25, -0.2) is 9.50 Å². The first-order valence-corrected chi connectivity index (χ1v) is 8.30. The normalized spacial score (nSPS) is 16.0. The third-order valence-electron chi connectivity index (χ3n) is 4.61. The zero-order valence-corrected chi connectivity index (χ0v) is 16.2. The third-order valence-corrected chi connectivity index (χ3v) is 4.61.